The van der Waals surface area contributed by atoms with Crippen LogP contribution in [0.2, 0.25) is 0 Å². The van der Waals surface area contributed by atoms with E-state index in [0.717, 1.165) is 30.4 Å². The smallest absolute Gasteiger partial charge is 0.193 e. The van der Waals surface area contributed by atoms with E-state index in [4.69, 9.17) is 4.74 Å². The zero-order valence-corrected chi connectivity index (χ0v) is 17.7. The van der Waals surface area contributed by atoms with Crippen molar-refractivity contribution in [1.82, 2.24) is 10.2 Å². The predicted molar refractivity (Wildman–Crippen MR) is 111 cm³/mol. The molecule has 1 aliphatic rings. The van der Waals surface area contributed by atoms with Gasteiger partial charge in [-0.3, -0.25) is 4.99 Å². The van der Waals surface area contributed by atoms with Crippen molar-refractivity contribution in [3.8, 4) is 5.75 Å². The van der Waals surface area contributed by atoms with Crippen LogP contribution in [0.1, 0.15) is 25.8 Å². The molecule has 0 radical (unpaired) electrons. The summed E-state index contributed by atoms with van der Waals surface area (Å²) >= 11 is 2.03. The Bertz CT molecular complexity index is 545. The second-order valence-electron chi connectivity index (χ2n) is 5.45. The van der Waals surface area contributed by atoms with E-state index in [-0.39, 0.29) is 29.8 Å². The second-order valence-corrected chi connectivity index (χ2v) is 6.85. The molecule has 1 heterocycles. The molecule has 1 fully saturated rings. The normalized spacial score (nSPS) is 18.1. The SMILES string of the molecule is CCOc1ccc(CNC(=NC)N2CCSC(CC)C2)cc1F.I. The van der Waals surface area contributed by atoms with Crippen molar-refractivity contribution in [2.24, 2.45) is 4.99 Å². The summed E-state index contributed by atoms with van der Waals surface area (Å²) in [5.74, 6) is 2.00. The summed E-state index contributed by atoms with van der Waals surface area (Å²) in [6.45, 7) is 7.10. The van der Waals surface area contributed by atoms with Crippen molar-refractivity contribution < 1.29 is 9.13 Å². The molecular formula is C17H27FIN3OS. The molecule has 1 aliphatic heterocycles. The number of rotatable bonds is 5. The lowest BCUT2D eigenvalue weighted by Gasteiger charge is -2.34. The summed E-state index contributed by atoms with van der Waals surface area (Å²) in [6.07, 6.45) is 1.17. The molecule has 1 aromatic rings. The number of benzene rings is 1. The molecule has 2 rings (SSSR count). The van der Waals surface area contributed by atoms with Gasteiger partial charge in [-0.05, 0) is 31.0 Å². The molecule has 136 valence electrons. The summed E-state index contributed by atoms with van der Waals surface area (Å²) < 4.78 is 19.1. The van der Waals surface area contributed by atoms with Gasteiger partial charge in [0.1, 0.15) is 0 Å². The molecule has 1 atom stereocenters. The summed E-state index contributed by atoms with van der Waals surface area (Å²) in [5, 5.41) is 4.00. The number of ether oxygens (including phenoxy) is 1. The van der Waals surface area contributed by atoms with Gasteiger partial charge in [0, 0.05) is 37.7 Å². The van der Waals surface area contributed by atoms with Crippen molar-refractivity contribution in [2.45, 2.75) is 32.1 Å². The average Bonchev–Trinajstić information content (AvgIpc) is 2.58. The minimum atomic E-state index is -0.318. The molecule has 24 heavy (non-hydrogen) atoms. The van der Waals surface area contributed by atoms with E-state index >= 15 is 0 Å². The number of guanidine groups is 1. The molecule has 1 unspecified atom stereocenters. The monoisotopic (exact) mass is 467 g/mol. The van der Waals surface area contributed by atoms with Crippen LogP contribution < -0.4 is 10.1 Å². The summed E-state index contributed by atoms with van der Waals surface area (Å²) in [4.78, 5) is 6.66. The van der Waals surface area contributed by atoms with Gasteiger partial charge in [-0.15, -0.1) is 24.0 Å². The Kier molecular flexibility index (Phi) is 9.80. The van der Waals surface area contributed by atoms with E-state index < -0.39 is 0 Å². The first-order valence-corrected chi connectivity index (χ1v) is 9.21. The van der Waals surface area contributed by atoms with Crippen molar-refractivity contribution >= 4 is 41.7 Å². The van der Waals surface area contributed by atoms with Crippen molar-refractivity contribution in [3.05, 3.63) is 29.6 Å². The van der Waals surface area contributed by atoms with Gasteiger partial charge < -0.3 is 15.0 Å². The van der Waals surface area contributed by atoms with Crippen LogP contribution in [-0.2, 0) is 6.54 Å². The highest BCUT2D eigenvalue weighted by Crippen LogP contribution is 2.21. The molecule has 7 heteroatoms. The highest BCUT2D eigenvalue weighted by atomic mass is 127. The summed E-state index contributed by atoms with van der Waals surface area (Å²) in [5.41, 5.74) is 0.880. The molecule has 1 N–H and O–H groups in total. The Labute approximate surface area is 165 Å². The van der Waals surface area contributed by atoms with Crippen LogP contribution in [0.15, 0.2) is 23.2 Å². The lowest BCUT2D eigenvalue weighted by atomic mass is 10.2. The third kappa shape index (κ3) is 5.98. The molecule has 1 saturated heterocycles. The first kappa shape index (κ1) is 21.3. The Morgan fingerprint density at radius 3 is 2.88 bits per heavy atom. The fourth-order valence-corrected chi connectivity index (χ4v) is 3.78. The molecule has 0 aromatic heterocycles. The van der Waals surface area contributed by atoms with Crippen molar-refractivity contribution in [1.29, 1.82) is 0 Å². The van der Waals surface area contributed by atoms with E-state index in [0.29, 0.717) is 24.2 Å². The molecular weight excluding hydrogens is 440 g/mol. The maximum Gasteiger partial charge on any atom is 0.193 e. The number of thioether (sulfide) groups is 1. The standard InChI is InChI=1S/C17H26FN3OS.HI/c1-4-14-12-21(8-9-23-14)17(19-3)20-11-13-6-7-16(22-5-2)15(18)10-13;/h6-7,10,14H,4-5,8-9,11-12H2,1-3H3,(H,19,20);1H. The highest BCUT2D eigenvalue weighted by molar-refractivity contribution is 14.0. The van der Waals surface area contributed by atoms with Gasteiger partial charge in [0.05, 0.1) is 6.61 Å². The number of hydrogen-bond acceptors (Lipinski definition) is 3. The zero-order valence-electron chi connectivity index (χ0n) is 14.5. The predicted octanol–water partition coefficient (Wildman–Crippen LogP) is 3.75. The number of nitrogens with zero attached hydrogens (tertiary/aromatic N) is 2. The fraction of sp³-hybridized carbons (Fsp3) is 0.588. The highest BCUT2D eigenvalue weighted by Gasteiger charge is 2.21. The maximum absolute atomic E-state index is 13.9. The Morgan fingerprint density at radius 2 is 2.25 bits per heavy atom. The topological polar surface area (TPSA) is 36.9 Å². The molecule has 0 spiro atoms. The van der Waals surface area contributed by atoms with Gasteiger partial charge in [0.2, 0.25) is 0 Å². The largest absolute Gasteiger partial charge is 0.491 e. The van der Waals surface area contributed by atoms with Crippen LogP contribution >= 0.6 is 35.7 Å². The zero-order chi connectivity index (χ0) is 16.7. The van der Waals surface area contributed by atoms with Crippen molar-refractivity contribution in [3.63, 3.8) is 0 Å². The van der Waals surface area contributed by atoms with Crippen LogP contribution in [0.5, 0.6) is 5.75 Å². The molecule has 1 aromatic carbocycles. The average molecular weight is 467 g/mol. The van der Waals surface area contributed by atoms with Crippen molar-refractivity contribution in [2.75, 3.05) is 32.5 Å². The van der Waals surface area contributed by atoms with Gasteiger partial charge >= 0.3 is 0 Å². The van der Waals surface area contributed by atoms with E-state index in [9.17, 15) is 4.39 Å². The number of halogens is 2. The minimum Gasteiger partial charge on any atom is -0.491 e. The van der Waals surface area contributed by atoms with Crippen LogP contribution in [-0.4, -0.2) is 48.6 Å². The molecule has 0 saturated carbocycles. The van der Waals surface area contributed by atoms with Gasteiger partial charge in [-0.25, -0.2) is 4.39 Å². The Morgan fingerprint density at radius 1 is 1.46 bits per heavy atom. The molecule has 4 nitrogen and oxygen atoms in total. The quantitative estimate of drug-likeness (QED) is 0.407. The number of nitrogens with one attached hydrogen (secondary N) is 1. The Hall–Kier alpha value is -0.700. The Balaban J connectivity index is 0.00000288. The molecule has 0 aliphatic carbocycles. The summed E-state index contributed by atoms with van der Waals surface area (Å²) in [6, 6.07) is 5.09. The van der Waals surface area contributed by atoms with Crippen LogP contribution in [0.4, 0.5) is 4.39 Å². The third-order valence-corrected chi connectivity index (χ3v) is 5.22. The van der Waals surface area contributed by atoms with Gasteiger partial charge in [-0.2, -0.15) is 11.8 Å². The lowest BCUT2D eigenvalue weighted by Crippen LogP contribution is -2.47. The van der Waals surface area contributed by atoms with Gasteiger partial charge in [0.25, 0.3) is 0 Å². The molecule has 0 bridgehead atoms. The number of aliphatic imine (C=N–C) groups is 1. The fourth-order valence-electron chi connectivity index (χ4n) is 2.60. The van der Waals surface area contributed by atoms with E-state index in [1.54, 1.807) is 13.1 Å². The van der Waals surface area contributed by atoms with E-state index in [1.165, 1.54) is 12.5 Å². The maximum atomic E-state index is 13.9. The second kappa shape index (κ2) is 11.0. The molecule has 0 amide bonds. The van der Waals surface area contributed by atoms with Gasteiger partial charge in [-0.1, -0.05) is 13.0 Å². The first-order valence-electron chi connectivity index (χ1n) is 8.16. The minimum absolute atomic E-state index is 0. The first-order chi connectivity index (χ1) is 11.2. The third-order valence-electron chi connectivity index (χ3n) is 3.85. The van der Waals surface area contributed by atoms with E-state index in [2.05, 4.69) is 22.1 Å². The van der Waals surface area contributed by atoms with Crippen LogP contribution in [0.3, 0.4) is 0 Å². The van der Waals surface area contributed by atoms with Gasteiger partial charge in [0.15, 0.2) is 17.5 Å². The summed E-state index contributed by atoms with van der Waals surface area (Å²) in [7, 11) is 1.80. The van der Waals surface area contributed by atoms with Crippen LogP contribution in [0, 0.1) is 5.82 Å². The van der Waals surface area contributed by atoms with Crippen LogP contribution in [0.25, 0.3) is 0 Å². The van der Waals surface area contributed by atoms with E-state index in [1.807, 2.05) is 24.8 Å². The number of hydrogen-bond donors (Lipinski definition) is 1. The lowest BCUT2D eigenvalue weighted by molar-refractivity contribution is 0.321.